The van der Waals surface area contributed by atoms with E-state index in [1.807, 2.05) is 43.1 Å². The van der Waals surface area contributed by atoms with Gasteiger partial charge in [-0.05, 0) is 98.1 Å². The van der Waals surface area contributed by atoms with E-state index >= 15 is 0 Å². The van der Waals surface area contributed by atoms with Gasteiger partial charge < -0.3 is 4.90 Å². The van der Waals surface area contributed by atoms with Crippen LogP contribution in [0.2, 0.25) is 0 Å². The summed E-state index contributed by atoms with van der Waals surface area (Å²) in [5.41, 5.74) is 10.4. The Hall–Kier alpha value is -3.91. The summed E-state index contributed by atoms with van der Waals surface area (Å²) < 4.78 is 13.9. The van der Waals surface area contributed by atoms with Gasteiger partial charge in [0.25, 0.3) is 0 Å². The van der Waals surface area contributed by atoms with Crippen LogP contribution in [0, 0.1) is 6.92 Å². The third-order valence-corrected chi connectivity index (χ3v) is 6.92. The highest BCUT2D eigenvalue weighted by atomic mass is 19.1. The summed E-state index contributed by atoms with van der Waals surface area (Å²) >= 11 is 0. The molecule has 0 saturated carbocycles. The molecule has 3 aromatic carbocycles. The Balaban J connectivity index is 0.000000228. The van der Waals surface area contributed by atoms with Crippen LogP contribution >= 0.6 is 0 Å². The van der Waals surface area contributed by atoms with Crippen LogP contribution in [0.1, 0.15) is 61.9 Å². The molecule has 3 aromatic rings. The Morgan fingerprint density at radius 3 is 1.95 bits per heavy atom. The van der Waals surface area contributed by atoms with Gasteiger partial charge in [-0.25, -0.2) is 4.39 Å². The van der Waals surface area contributed by atoms with Crippen LogP contribution < -0.4 is 0 Å². The molecule has 0 bridgehead atoms. The molecule has 0 atom stereocenters. The molecular formula is C38H46FN. The van der Waals surface area contributed by atoms with Crippen LogP contribution in [0.5, 0.6) is 0 Å². The normalized spacial score (nSPS) is 13.5. The molecular weight excluding hydrogens is 489 g/mol. The predicted molar refractivity (Wildman–Crippen MR) is 174 cm³/mol. The standard InChI is InChI=1S/C17H18FN.C11H14.C10H14/c1-5-16(18)17-11-14(10-13(3)19(17)4)15-9-7-6-8-12(15)2;1-10(2)8-9-11-6-4-3-5-7-11;1-3-9-6-5-7-10(4-2)8-9/h5-11H,1H2,2-4H3;3-7H,1,8-9H2,2H3;5-8H,3-4H2,1-2H3/b17-16+;;. The molecule has 1 nitrogen and oxygen atoms in total. The van der Waals surface area contributed by atoms with E-state index < -0.39 is 0 Å². The first-order valence-corrected chi connectivity index (χ1v) is 14.2. The Morgan fingerprint density at radius 2 is 1.40 bits per heavy atom. The molecule has 0 amide bonds. The topological polar surface area (TPSA) is 3.24 Å². The largest absolute Gasteiger partial charge is 0.346 e. The smallest absolute Gasteiger partial charge is 0.146 e. The number of rotatable bonds is 7. The third kappa shape index (κ3) is 10.3. The molecule has 0 saturated heterocycles. The van der Waals surface area contributed by atoms with E-state index in [9.17, 15) is 4.39 Å². The SMILES string of the molecule is C=C(C)CCc1ccccc1.C=C/C(F)=C1/C=C(c2ccccc2C)C=C(C)N1C.CCc1cccc(CC)c1. The van der Waals surface area contributed by atoms with Gasteiger partial charge in [0.05, 0.1) is 5.70 Å². The second-order valence-corrected chi connectivity index (χ2v) is 10.2. The highest BCUT2D eigenvalue weighted by Gasteiger charge is 2.16. The van der Waals surface area contributed by atoms with Crippen molar-refractivity contribution < 1.29 is 4.39 Å². The minimum atomic E-state index is -0.305. The summed E-state index contributed by atoms with van der Waals surface area (Å²) in [6.45, 7) is 17.9. The van der Waals surface area contributed by atoms with Crippen molar-refractivity contribution in [3.05, 3.63) is 161 Å². The van der Waals surface area contributed by atoms with E-state index in [0.29, 0.717) is 5.70 Å². The van der Waals surface area contributed by atoms with Crippen molar-refractivity contribution in [2.24, 2.45) is 0 Å². The van der Waals surface area contributed by atoms with E-state index in [-0.39, 0.29) is 5.83 Å². The van der Waals surface area contributed by atoms with Crippen molar-refractivity contribution in [1.82, 2.24) is 4.90 Å². The fourth-order valence-corrected chi connectivity index (χ4v) is 4.26. The van der Waals surface area contributed by atoms with Crippen molar-refractivity contribution in [3.8, 4) is 0 Å². The molecule has 0 radical (unpaired) electrons. The number of likely N-dealkylation sites (N-methyl/N-ethyl adjacent to an activating group) is 1. The Labute approximate surface area is 242 Å². The zero-order valence-electron chi connectivity index (χ0n) is 25.3. The number of benzene rings is 3. The lowest BCUT2D eigenvalue weighted by molar-refractivity contribution is 0.500. The molecule has 0 aromatic heterocycles. The monoisotopic (exact) mass is 535 g/mol. The van der Waals surface area contributed by atoms with Crippen molar-refractivity contribution >= 4 is 5.57 Å². The third-order valence-electron chi connectivity index (χ3n) is 6.92. The fourth-order valence-electron chi connectivity index (χ4n) is 4.26. The molecule has 4 rings (SSSR count). The molecule has 210 valence electrons. The highest BCUT2D eigenvalue weighted by Crippen LogP contribution is 2.31. The van der Waals surface area contributed by atoms with Gasteiger partial charge in [0.15, 0.2) is 0 Å². The van der Waals surface area contributed by atoms with E-state index in [2.05, 4.69) is 108 Å². The maximum absolute atomic E-state index is 13.9. The Kier molecular flexibility index (Phi) is 13.7. The maximum atomic E-state index is 13.9. The molecule has 0 aliphatic carbocycles. The van der Waals surface area contributed by atoms with Gasteiger partial charge in [0.1, 0.15) is 5.83 Å². The van der Waals surface area contributed by atoms with Crippen LogP contribution in [-0.2, 0) is 19.3 Å². The summed E-state index contributed by atoms with van der Waals surface area (Å²) in [4.78, 5) is 1.83. The van der Waals surface area contributed by atoms with E-state index in [0.717, 1.165) is 42.5 Å². The maximum Gasteiger partial charge on any atom is 0.146 e. The number of hydrogen-bond donors (Lipinski definition) is 0. The van der Waals surface area contributed by atoms with Crippen molar-refractivity contribution in [2.75, 3.05) is 7.05 Å². The van der Waals surface area contributed by atoms with Crippen LogP contribution in [0.4, 0.5) is 4.39 Å². The molecule has 1 heterocycles. The zero-order valence-corrected chi connectivity index (χ0v) is 25.3. The molecule has 2 heteroatoms. The summed E-state index contributed by atoms with van der Waals surface area (Å²) in [6, 6.07) is 27.4. The Morgan fingerprint density at radius 1 is 0.825 bits per heavy atom. The number of nitrogens with zero attached hydrogens (tertiary/aromatic N) is 1. The molecule has 1 aliphatic heterocycles. The van der Waals surface area contributed by atoms with Crippen LogP contribution in [-0.4, -0.2) is 11.9 Å². The van der Waals surface area contributed by atoms with E-state index in [4.69, 9.17) is 0 Å². The van der Waals surface area contributed by atoms with Gasteiger partial charge >= 0.3 is 0 Å². The van der Waals surface area contributed by atoms with Gasteiger partial charge in [-0.3, -0.25) is 0 Å². The lowest BCUT2D eigenvalue weighted by atomic mass is 9.96. The van der Waals surface area contributed by atoms with Gasteiger partial charge in [-0.15, -0.1) is 6.58 Å². The van der Waals surface area contributed by atoms with Gasteiger partial charge in [0, 0.05) is 12.7 Å². The van der Waals surface area contributed by atoms with Gasteiger partial charge in [0.2, 0.25) is 0 Å². The van der Waals surface area contributed by atoms with Crippen molar-refractivity contribution in [3.63, 3.8) is 0 Å². The lowest BCUT2D eigenvalue weighted by Gasteiger charge is -2.27. The van der Waals surface area contributed by atoms with Crippen LogP contribution in [0.25, 0.3) is 5.57 Å². The van der Waals surface area contributed by atoms with Gasteiger partial charge in [-0.2, -0.15) is 0 Å². The van der Waals surface area contributed by atoms with Crippen LogP contribution in [0.3, 0.4) is 0 Å². The number of allylic oxidation sites excluding steroid dienone is 7. The molecule has 0 unspecified atom stereocenters. The number of aryl methyl sites for hydroxylation is 4. The van der Waals surface area contributed by atoms with Crippen molar-refractivity contribution in [1.29, 1.82) is 0 Å². The minimum absolute atomic E-state index is 0.305. The Bertz CT molecular complexity index is 1320. The zero-order chi connectivity index (χ0) is 29.5. The molecule has 0 fully saturated rings. The van der Waals surface area contributed by atoms with Crippen LogP contribution in [0.15, 0.2) is 133 Å². The van der Waals surface area contributed by atoms with Gasteiger partial charge in [-0.1, -0.05) is 105 Å². The number of hydrogen-bond acceptors (Lipinski definition) is 1. The van der Waals surface area contributed by atoms with Crippen molar-refractivity contribution in [2.45, 2.75) is 60.3 Å². The first-order chi connectivity index (χ1) is 19.2. The molecule has 1 aliphatic rings. The summed E-state index contributed by atoms with van der Waals surface area (Å²) in [5.74, 6) is -0.305. The molecule has 0 spiro atoms. The van der Waals surface area contributed by atoms with E-state index in [1.165, 1.54) is 33.9 Å². The lowest BCUT2D eigenvalue weighted by Crippen LogP contribution is -2.18. The predicted octanol–water partition coefficient (Wildman–Crippen LogP) is 10.6. The highest BCUT2D eigenvalue weighted by molar-refractivity contribution is 5.80. The second kappa shape index (κ2) is 16.9. The molecule has 0 N–H and O–H groups in total. The summed E-state index contributed by atoms with van der Waals surface area (Å²) in [7, 11) is 1.86. The average molecular weight is 536 g/mol. The summed E-state index contributed by atoms with van der Waals surface area (Å²) in [5, 5.41) is 0. The first-order valence-electron chi connectivity index (χ1n) is 14.2. The summed E-state index contributed by atoms with van der Waals surface area (Å²) in [6.07, 6.45) is 9.70. The minimum Gasteiger partial charge on any atom is -0.346 e. The fraction of sp³-hybridized carbons (Fsp3) is 0.263. The number of halogens is 1. The first kappa shape index (κ1) is 32.3. The quantitative estimate of drug-likeness (QED) is 0.272. The average Bonchev–Trinajstić information content (AvgIpc) is 2.98. The molecule has 40 heavy (non-hydrogen) atoms. The second-order valence-electron chi connectivity index (χ2n) is 10.2. The van der Waals surface area contributed by atoms with E-state index in [1.54, 1.807) is 0 Å².